The molecule has 1 heteroatoms. The summed E-state index contributed by atoms with van der Waals surface area (Å²) in [6, 6.07) is 12.1. The second-order valence-electron chi connectivity index (χ2n) is 3.24. The Morgan fingerprint density at radius 1 is 1.36 bits per heavy atom. The number of benzene rings is 1. The molecule has 0 N–H and O–H groups in total. The molecule has 72 valence electrons. The van der Waals surface area contributed by atoms with Crippen molar-refractivity contribution in [1.82, 2.24) is 0 Å². The minimum atomic E-state index is 0.791. The summed E-state index contributed by atoms with van der Waals surface area (Å²) in [5, 5.41) is 8.96. The molecule has 1 rings (SSSR count). The molecular formula is C13H15N. The Morgan fingerprint density at radius 3 is 2.64 bits per heavy atom. The first-order valence-electron chi connectivity index (χ1n) is 5.04. The molecular weight excluding hydrogens is 170 g/mol. The molecule has 1 aromatic rings. The minimum absolute atomic E-state index is 0.791. The summed E-state index contributed by atoms with van der Waals surface area (Å²) in [5.74, 6) is 0. The third-order valence-corrected chi connectivity index (χ3v) is 2.11. The summed E-state index contributed by atoms with van der Waals surface area (Å²) in [6.07, 6.45) is 5.34. The lowest BCUT2D eigenvalue weighted by Crippen LogP contribution is -1.80. The zero-order chi connectivity index (χ0) is 10.2. The smallest absolute Gasteiger partial charge is 0.0994 e. The lowest BCUT2D eigenvalue weighted by molar-refractivity contribution is 0.816. The van der Waals surface area contributed by atoms with Gasteiger partial charge in [0.2, 0.25) is 0 Å². The molecule has 0 aliphatic carbocycles. The molecule has 0 saturated heterocycles. The Labute approximate surface area is 85.7 Å². The zero-order valence-corrected chi connectivity index (χ0v) is 8.53. The monoisotopic (exact) mass is 185 g/mol. The van der Waals surface area contributed by atoms with Crippen LogP contribution < -0.4 is 0 Å². The quantitative estimate of drug-likeness (QED) is 0.517. The Hall–Kier alpha value is -1.55. The molecule has 0 fully saturated rings. The van der Waals surface area contributed by atoms with E-state index in [0.29, 0.717) is 0 Å². The number of hydrogen-bond acceptors (Lipinski definition) is 1. The van der Waals surface area contributed by atoms with E-state index in [4.69, 9.17) is 5.26 Å². The van der Waals surface area contributed by atoms with Crippen molar-refractivity contribution in [2.24, 2.45) is 0 Å². The van der Waals surface area contributed by atoms with Crippen LogP contribution in [-0.2, 0) is 0 Å². The van der Waals surface area contributed by atoms with Gasteiger partial charge in [-0.3, -0.25) is 0 Å². The Balaban J connectivity index is 2.74. The summed E-state index contributed by atoms with van der Waals surface area (Å²) in [4.78, 5) is 0. The highest BCUT2D eigenvalue weighted by Gasteiger charge is 1.97. The predicted molar refractivity (Wildman–Crippen MR) is 59.6 cm³/mol. The second kappa shape index (κ2) is 5.99. The van der Waals surface area contributed by atoms with Crippen LogP contribution in [0.1, 0.15) is 31.7 Å². The van der Waals surface area contributed by atoms with Crippen LogP contribution >= 0.6 is 0 Å². The zero-order valence-electron chi connectivity index (χ0n) is 8.53. The summed E-state index contributed by atoms with van der Waals surface area (Å²) < 4.78 is 0. The molecule has 0 aromatic heterocycles. The van der Waals surface area contributed by atoms with Gasteiger partial charge < -0.3 is 0 Å². The van der Waals surface area contributed by atoms with Gasteiger partial charge in [0.15, 0.2) is 0 Å². The first kappa shape index (κ1) is 10.5. The van der Waals surface area contributed by atoms with Crippen LogP contribution in [0.5, 0.6) is 0 Å². The van der Waals surface area contributed by atoms with Crippen molar-refractivity contribution in [2.75, 3.05) is 0 Å². The van der Waals surface area contributed by atoms with Crippen molar-refractivity contribution in [3.05, 3.63) is 42.0 Å². The lowest BCUT2D eigenvalue weighted by atomic mass is 10.1. The van der Waals surface area contributed by atoms with Crippen LogP contribution in [-0.4, -0.2) is 0 Å². The first-order chi connectivity index (χ1) is 6.88. The van der Waals surface area contributed by atoms with Gasteiger partial charge in [0.1, 0.15) is 0 Å². The molecule has 0 bridgehead atoms. The SMILES string of the molecule is CCCC/C=C(\C#N)c1ccccc1. The van der Waals surface area contributed by atoms with Gasteiger partial charge >= 0.3 is 0 Å². The molecule has 1 aromatic carbocycles. The summed E-state index contributed by atoms with van der Waals surface area (Å²) in [7, 11) is 0. The van der Waals surface area contributed by atoms with Crippen molar-refractivity contribution < 1.29 is 0 Å². The van der Waals surface area contributed by atoms with Gasteiger partial charge in [-0.25, -0.2) is 0 Å². The van der Waals surface area contributed by atoms with Gasteiger partial charge in [-0.15, -0.1) is 0 Å². The van der Waals surface area contributed by atoms with Crippen LogP contribution in [0.2, 0.25) is 0 Å². The van der Waals surface area contributed by atoms with Gasteiger partial charge in [-0.2, -0.15) is 5.26 Å². The van der Waals surface area contributed by atoms with Crippen molar-refractivity contribution in [2.45, 2.75) is 26.2 Å². The molecule has 0 aliphatic heterocycles. The highest BCUT2D eigenvalue weighted by atomic mass is 14.2. The molecule has 0 amide bonds. The van der Waals surface area contributed by atoms with Gasteiger partial charge in [-0.1, -0.05) is 56.2 Å². The van der Waals surface area contributed by atoms with Gasteiger partial charge in [-0.05, 0) is 12.0 Å². The Kier molecular flexibility index (Phi) is 4.50. The van der Waals surface area contributed by atoms with Crippen LogP contribution in [0.15, 0.2) is 36.4 Å². The molecule has 0 heterocycles. The maximum absolute atomic E-state index is 8.96. The normalized spacial score (nSPS) is 11.0. The fourth-order valence-corrected chi connectivity index (χ4v) is 1.30. The van der Waals surface area contributed by atoms with Crippen molar-refractivity contribution in [3.63, 3.8) is 0 Å². The molecule has 0 saturated carbocycles. The van der Waals surface area contributed by atoms with E-state index in [-0.39, 0.29) is 0 Å². The Bertz CT molecular complexity index is 330. The summed E-state index contributed by atoms with van der Waals surface area (Å²) in [6.45, 7) is 2.16. The van der Waals surface area contributed by atoms with Crippen molar-refractivity contribution in [3.8, 4) is 6.07 Å². The summed E-state index contributed by atoms with van der Waals surface area (Å²) in [5.41, 5.74) is 1.81. The number of unbranched alkanes of at least 4 members (excludes halogenated alkanes) is 2. The number of hydrogen-bond donors (Lipinski definition) is 0. The van der Waals surface area contributed by atoms with Crippen LogP contribution in [0.25, 0.3) is 5.57 Å². The van der Waals surface area contributed by atoms with Crippen LogP contribution in [0.4, 0.5) is 0 Å². The van der Waals surface area contributed by atoms with E-state index in [0.717, 1.165) is 24.0 Å². The Morgan fingerprint density at radius 2 is 2.07 bits per heavy atom. The van der Waals surface area contributed by atoms with E-state index in [1.165, 1.54) is 6.42 Å². The third kappa shape index (κ3) is 3.06. The van der Waals surface area contributed by atoms with E-state index in [1.54, 1.807) is 0 Å². The molecule has 14 heavy (non-hydrogen) atoms. The number of allylic oxidation sites excluding steroid dienone is 2. The third-order valence-electron chi connectivity index (χ3n) is 2.11. The minimum Gasteiger partial charge on any atom is -0.192 e. The molecule has 0 unspecified atom stereocenters. The average Bonchev–Trinajstić information content (AvgIpc) is 2.26. The molecule has 0 atom stereocenters. The van der Waals surface area contributed by atoms with Crippen LogP contribution in [0, 0.1) is 11.3 Å². The highest BCUT2D eigenvalue weighted by molar-refractivity contribution is 5.76. The molecule has 0 aliphatic rings. The molecule has 1 nitrogen and oxygen atoms in total. The van der Waals surface area contributed by atoms with Gasteiger partial charge in [0, 0.05) is 0 Å². The average molecular weight is 185 g/mol. The van der Waals surface area contributed by atoms with Crippen molar-refractivity contribution >= 4 is 5.57 Å². The van der Waals surface area contributed by atoms with Gasteiger partial charge in [0.05, 0.1) is 11.6 Å². The number of rotatable bonds is 4. The largest absolute Gasteiger partial charge is 0.192 e. The molecule has 0 radical (unpaired) electrons. The standard InChI is InChI=1S/C13H15N/c1-2-3-5-10-13(11-14)12-8-6-4-7-9-12/h4,6-10H,2-3,5H2,1H3/b13-10+. The predicted octanol–water partition coefficient (Wildman–Crippen LogP) is 3.78. The van der Waals surface area contributed by atoms with E-state index in [9.17, 15) is 0 Å². The van der Waals surface area contributed by atoms with E-state index in [2.05, 4.69) is 13.0 Å². The van der Waals surface area contributed by atoms with Crippen LogP contribution in [0.3, 0.4) is 0 Å². The van der Waals surface area contributed by atoms with Gasteiger partial charge in [0.25, 0.3) is 0 Å². The maximum Gasteiger partial charge on any atom is 0.0994 e. The van der Waals surface area contributed by atoms with E-state index < -0.39 is 0 Å². The fourth-order valence-electron chi connectivity index (χ4n) is 1.30. The van der Waals surface area contributed by atoms with E-state index >= 15 is 0 Å². The highest BCUT2D eigenvalue weighted by Crippen LogP contribution is 2.14. The lowest BCUT2D eigenvalue weighted by Gasteiger charge is -1.97. The number of nitriles is 1. The number of nitrogens with zero attached hydrogens (tertiary/aromatic N) is 1. The second-order valence-corrected chi connectivity index (χ2v) is 3.24. The maximum atomic E-state index is 8.96. The first-order valence-corrected chi connectivity index (χ1v) is 5.04. The van der Waals surface area contributed by atoms with E-state index in [1.807, 2.05) is 36.4 Å². The summed E-state index contributed by atoms with van der Waals surface area (Å²) >= 11 is 0. The fraction of sp³-hybridized carbons (Fsp3) is 0.308. The molecule has 0 spiro atoms. The topological polar surface area (TPSA) is 23.8 Å². The van der Waals surface area contributed by atoms with Crippen molar-refractivity contribution in [1.29, 1.82) is 5.26 Å².